The Kier molecular flexibility index (Phi) is 3.48. The molecule has 4 N–H and O–H groups in total. The lowest BCUT2D eigenvalue weighted by Crippen LogP contribution is -2.31. The molecule has 24 heavy (non-hydrogen) atoms. The van der Waals surface area contributed by atoms with Crippen LogP contribution in [0.1, 0.15) is 20.1 Å². The van der Waals surface area contributed by atoms with Gasteiger partial charge in [-0.2, -0.15) is 4.98 Å². The molecule has 2 aliphatic heterocycles. The summed E-state index contributed by atoms with van der Waals surface area (Å²) in [7, 11) is 0. The maximum Gasteiger partial charge on any atom is 0.280 e. The van der Waals surface area contributed by atoms with Crippen molar-refractivity contribution in [2.24, 2.45) is 0 Å². The lowest BCUT2D eigenvalue weighted by atomic mass is 10.1. The Bertz CT molecular complexity index is 864. The van der Waals surface area contributed by atoms with E-state index in [1.165, 1.54) is 0 Å². The number of rotatable bonds is 2. The minimum Gasteiger partial charge on any atom is -0.394 e. The average Bonchev–Trinajstić information content (AvgIpc) is 3.07. The molecule has 0 amide bonds. The zero-order valence-electron chi connectivity index (χ0n) is 12.9. The third-order valence-electron chi connectivity index (χ3n) is 4.09. The number of ether oxygens (including phenoxy) is 3. The monoisotopic (exact) mass is 401 g/mol. The molecule has 2 saturated heterocycles. The molecular weight excluding hydrogens is 386 g/mol. The second-order valence-electron chi connectivity index (χ2n) is 6.19. The first kappa shape index (κ1) is 16.0. The number of anilines is 1. The Balaban J connectivity index is 1.86. The number of hydrogen-bond acceptors (Lipinski definition) is 8. The number of aliphatic hydroxyl groups is 1. The number of fused-ring (bicyclic) bond motifs is 2. The summed E-state index contributed by atoms with van der Waals surface area (Å²) in [5.74, 6) is -0.837. The summed E-state index contributed by atoms with van der Waals surface area (Å²) in [6.45, 7) is 3.36. The standard InChI is InChI=1S/C13H16BrN5O5/c1-13(2)23-6-4(3-20)22-10(7(6)24-13)19-8-5(16-11(19)14)9(21)18-12(15)17-8/h4,6-7,10,20H,3H2,1-2H3,(H3,15,17,18,21)/t4-,6+,7+,10+/m0/s1. The summed E-state index contributed by atoms with van der Waals surface area (Å²) >= 11 is 3.33. The van der Waals surface area contributed by atoms with Gasteiger partial charge in [0.05, 0.1) is 6.61 Å². The summed E-state index contributed by atoms with van der Waals surface area (Å²) < 4.78 is 19.6. The molecule has 0 aliphatic carbocycles. The number of aromatic nitrogens is 4. The molecule has 0 radical (unpaired) electrons. The summed E-state index contributed by atoms with van der Waals surface area (Å²) in [6, 6.07) is 0. The third kappa shape index (κ3) is 2.27. The van der Waals surface area contributed by atoms with E-state index in [9.17, 15) is 9.90 Å². The number of nitrogens with one attached hydrogen (secondary N) is 1. The quantitative estimate of drug-likeness (QED) is 0.591. The average molecular weight is 402 g/mol. The Morgan fingerprint density at radius 1 is 1.38 bits per heavy atom. The number of H-pyrrole nitrogens is 1. The van der Waals surface area contributed by atoms with Crippen molar-refractivity contribution in [2.75, 3.05) is 12.3 Å². The van der Waals surface area contributed by atoms with Gasteiger partial charge >= 0.3 is 0 Å². The lowest BCUT2D eigenvalue weighted by Gasteiger charge is -2.24. The van der Waals surface area contributed by atoms with Gasteiger partial charge < -0.3 is 25.1 Å². The summed E-state index contributed by atoms with van der Waals surface area (Å²) in [5.41, 5.74) is 5.58. The molecule has 2 aliphatic rings. The number of nitrogen functional groups attached to an aromatic ring is 1. The summed E-state index contributed by atoms with van der Waals surface area (Å²) in [4.78, 5) is 22.8. The van der Waals surface area contributed by atoms with Gasteiger partial charge in [0.1, 0.15) is 18.3 Å². The van der Waals surface area contributed by atoms with E-state index in [0.29, 0.717) is 4.73 Å². The van der Waals surface area contributed by atoms with Gasteiger partial charge in [0.25, 0.3) is 5.56 Å². The van der Waals surface area contributed by atoms with Gasteiger partial charge in [-0.25, -0.2) is 4.98 Å². The van der Waals surface area contributed by atoms with Crippen molar-refractivity contribution in [3.8, 4) is 0 Å². The molecule has 130 valence electrons. The predicted molar refractivity (Wildman–Crippen MR) is 85.1 cm³/mol. The Hall–Kier alpha value is -1.53. The van der Waals surface area contributed by atoms with Crippen LogP contribution in [0.4, 0.5) is 5.95 Å². The van der Waals surface area contributed by atoms with Crippen LogP contribution in [-0.2, 0) is 14.2 Å². The fourth-order valence-corrected chi connectivity index (χ4v) is 3.76. The van der Waals surface area contributed by atoms with Crippen molar-refractivity contribution in [1.29, 1.82) is 0 Å². The van der Waals surface area contributed by atoms with Crippen molar-refractivity contribution in [3.05, 3.63) is 15.1 Å². The normalized spacial score (nSPS) is 31.7. The molecule has 2 aromatic rings. The Labute approximate surface area is 144 Å². The smallest absolute Gasteiger partial charge is 0.280 e. The molecule has 10 nitrogen and oxygen atoms in total. The van der Waals surface area contributed by atoms with Gasteiger partial charge in [0.15, 0.2) is 27.9 Å². The van der Waals surface area contributed by atoms with Crippen molar-refractivity contribution >= 4 is 33.0 Å². The van der Waals surface area contributed by atoms with E-state index in [4.69, 9.17) is 19.9 Å². The van der Waals surface area contributed by atoms with Crippen molar-refractivity contribution in [3.63, 3.8) is 0 Å². The maximum absolute atomic E-state index is 12.0. The highest BCUT2D eigenvalue weighted by Crippen LogP contribution is 2.44. The fourth-order valence-electron chi connectivity index (χ4n) is 3.21. The number of halogens is 1. The molecule has 11 heteroatoms. The Morgan fingerprint density at radius 3 is 2.79 bits per heavy atom. The SMILES string of the molecule is CC1(C)O[C@@H]2[C@H](O1)[C@H](CO)O[C@H]2n1c(Br)nc2c(=O)[nH]c(N)nc21. The van der Waals surface area contributed by atoms with Gasteiger partial charge in [-0.05, 0) is 29.8 Å². The molecule has 2 aromatic heterocycles. The topological polar surface area (TPSA) is 138 Å². The molecule has 0 spiro atoms. The van der Waals surface area contributed by atoms with Crippen LogP contribution in [0.3, 0.4) is 0 Å². The van der Waals surface area contributed by atoms with Crippen LogP contribution in [0.25, 0.3) is 11.2 Å². The van der Waals surface area contributed by atoms with Crippen molar-refractivity contribution < 1.29 is 19.3 Å². The van der Waals surface area contributed by atoms with E-state index in [2.05, 4.69) is 30.9 Å². The van der Waals surface area contributed by atoms with Crippen LogP contribution in [0, 0.1) is 0 Å². The summed E-state index contributed by atoms with van der Waals surface area (Å²) in [5, 5.41) is 9.58. The van der Waals surface area contributed by atoms with E-state index in [0.717, 1.165) is 0 Å². The first-order valence-corrected chi connectivity index (χ1v) is 8.15. The van der Waals surface area contributed by atoms with Gasteiger partial charge in [-0.15, -0.1) is 0 Å². The van der Waals surface area contributed by atoms with Gasteiger partial charge in [-0.1, -0.05) is 0 Å². The van der Waals surface area contributed by atoms with Crippen molar-refractivity contribution in [2.45, 2.75) is 44.2 Å². The van der Waals surface area contributed by atoms with E-state index >= 15 is 0 Å². The number of nitrogens with zero attached hydrogens (tertiary/aromatic N) is 3. The van der Waals surface area contributed by atoms with Crippen LogP contribution in [0.5, 0.6) is 0 Å². The number of aromatic amines is 1. The number of aliphatic hydroxyl groups excluding tert-OH is 1. The molecular formula is C13H16BrN5O5. The lowest BCUT2D eigenvalue weighted by molar-refractivity contribution is -0.200. The van der Waals surface area contributed by atoms with E-state index < -0.39 is 35.9 Å². The Morgan fingerprint density at radius 2 is 2.08 bits per heavy atom. The molecule has 0 aromatic carbocycles. The summed E-state index contributed by atoms with van der Waals surface area (Å²) in [6.07, 6.45) is -2.18. The zero-order chi connectivity index (χ0) is 17.2. The molecule has 4 rings (SSSR count). The van der Waals surface area contributed by atoms with E-state index in [1.54, 1.807) is 18.4 Å². The molecule has 0 unspecified atom stereocenters. The van der Waals surface area contributed by atoms with Crippen LogP contribution >= 0.6 is 15.9 Å². The van der Waals surface area contributed by atoms with E-state index in [-0.39, 0.29) is 23.7 Å². The van der Waals surface area contributed by atoms with Crippen LogP contribution in [0.2, 0.25) is 0 Å². The van der Waals surface area contributed by atoms with E-state index in [1.807, 2.05) is 0 Å². The fraction of sp³-hybridized carbons (Fsp3) is 0.615. The molecule has 0 saturated carbocycles. The number of hydrogen-bond donors (Lipinski definition) is 3. The third-order valence-corrected chi connectivity index (χ3v) is 4.64. The first-order chi connectivity index (χ1) is 11.3. The van der Waals surface area contributed by atoms with Gasteiger partial charge in [-0.3, -0.25) is 14.3 Å². The predicted octanol–water partition coefficient (Wildman–Crippen LogP) is -0.126. The number of imidazole rings is 1. The van der Waals surface area contributed by atoms with Gasteiger partial charge in [0.2, 0.25) is 5.95 Å². The molecule has 0 bridgehead atoms. The largest absolute Gasteiger partial charge is 0.394 e. The van der Waals surface area contributed by atoms with Gasteiger partial charge in [0, 0.05) is 0 Å². The van der Waals surface area contributed by atoms with Crippen molar-refractivity contribution in [1.82, 2.24) is 19.5 Å². The van der Waals surface area contributed by atoms with Crippen LogP contribution in [0.15, 0.2) is 9.53 Å². The number of nitrogens with two attached hydrogens (primary N) is 1. The molecule has 4 heterocycles. The highest BCUT2D eigenvalue weighted by molar-refractivity contribution is 9.10. The first-order valence-electron chi connectivity index (χ1n) is 7.36. The zero-order valence-corrected chi connectivity index (χ0v) is 14.5. The molecule has 2 fully saturated rings. The second kappa shape index (κ2) is 5.23. The van der Waals surface area contributed by atoms with Crippen LogP contribution < -0.4 is 11.3 Å². The highest BCUT2D eigenvalue weighted by atomic mass is 79.9. The minimum absolute atomic E-state index is 0.0293. The minimum atomic E-state index is -0.808. The molecule has 4 atom stereocenters. The maximum atomic E-state index is 12.0. The highest BCUT2D eigenvalue weighted by Gasteiger charge is 2.56. The second-order valence-corrected chi connectivity index (χ2v) is 6.90. The van der Waals surface area contributed by atoms with Crippen LogP contribution in [-0.4, -0.2) is 55.3 Å².